The van der Waals surface area contributed by atoms with Gasteiger partial charge in [-0.2, -0.15) is 0 Å². The molecule has 1 aliphatic rings. The zero-order chi connectivity index (χ0) is 15.9. The first-order chi connectivity index (χ1) is 10.6. The molecule has 1 aromatic heterocycles. The molecule has 1 heterocycles. The van der Waals surface area contributed by atoms with Crippen LogP contribution in [0.1, 0.15) is 37.2 Å². The number of urea groups is 1. The number of methoxy groups -OCH3 is 1. The number of nitrogens with zero attached hydrogens (tertiary/aromatic N) is 1. The number of carbonyl (C=O) groups excluding carboxylic acids is 1. The van der Waals surface area contributed by atoms with Crippen molar-refractivity contribution in [3.8, 4) is 0 Å². The summed E-state index contributed by atoms with van der Waals surface area (Å²) in [6.45, 7) is 3.31. The van der Waals surface area contributed by atoms with Crippen molar-refractivity contribution < 1.29 is 19.1 Å². The maximum absolute atomic E-state index is 12.5. The van der Waals surface area contributed by atoms with E-state index in [4.69, 9.17) is 9.15 Å². The Kier molecular flexibility index (Phi) is 6.27. The molecule has 6 nitrogen and oxygen atoms in total. The first kappa shape index (κ1) is 16.8. The average Bonchev–Trinajstić information content (AvgIpc) is 2.91. The third-order valence-corrected chi connectivity index (χ3v) is 4.02. The standard InChI is InChI=1S/C16H26N2O4/c1-12-3-8-15(22-12)11-18(9-10-21-2)16(20)17-13-4-6-14(19)7-5-13/h3,8,13-14,19H,4-7,9-11H2,1-2H3,(H,17,20). The van der Waals surface area contributed by atoms with Crippen molar-refractivity contribution in [1.29, 1.82) is 0 Å². The summed E-state index contributed by atoms with van der Waals surface area (Å²) in [6, 6.07) is 3.82. The Morgan fingerprint density at radius 3 is 2.73 bits per heavy atom. The molecule has 0 spiro atoms. The third kappa shape index (κ3) is 5.03. The molecule has 1 aromatic rings. The van der Waals surface area contributed by atoms with Gasteiger partial charge in [-0.15, -0.1) is 0 Å². The Balaban J connectivity index is 1.90. The molecule has 0 bridgehead atoms. The second-order valence-electron chi connectivity index (χ2n) is 5.88. The third-order valence-electron chi connectivity index (χ3n) is 4.02. The second-order valence-corrected chi connectivity index (χ2v) is 5.88. The highest BCUT2D eigenvalue weighted by molar-refractivity contribution is 5.74. The molecule has 2 N–H and O–H groups in total. The van der Waals surface area contributed by atoms with E-state index in [2.05, 4.69) is 5.32 Å². The summed E-state index contributed by atoms with van der Waals surface area (Å²) < 4.78 is 10.6. The van der Waals surface area contributed by atoms with Crippen LogP contribution in [-0.4, -0.2) is 48.4 Å². The number of aliphatic hydroxyl groups excluding tert-OH is 1. The number of hydrogen-bond acceptors (Lipinski definition) is 4. The van der Waals surface area contributed by atoms with Crippen LogP contribution in [0, 0.1) is 6.92 Å². The summed E-state index contributed by atoms with van der Waals surface area (Å²) in [5.41, 5.74) is 0. The van der Waals surface area contributed by atoms with Gasteiger partial charge in [0.2, 0.25) is 0 Å². The number of aryl methyl sites for hydroxylation is 1. The van der Waals surface area contributed by atoms with Crippen LogP contribution in [-0.2, 0) is 11.3 Å². The van der Waals surface area contributed by atoms with Crippen molar-refractivity contribution in [1.82, 2.24) is 10.2 Å². The lowest BCUT2D eigenvalue weighted by atomic mass is 9.93. The molecule has 1 saturated carbocycles. The molecule has 2 rings (SSSR count). The number of hydrogen-bond donors (Lipinski definition) is 2. The van der Waals surface area contributed by atoms with Gasteiger partial charge >= 0.3 is 6.03 Å². The van der Waals surface area contributed by atoms with Crippen LogP contribution < -0.4 is 5.32 Å². The predicted octanol–water partition coefficient (Wildman–Crippen LogP) is 2.05. The molecule has 1 fully saturated rings. The summed E-state index contributed by atoms with van der Waals surface area (Å²) in [4.78, 5) is 14.2. The van der Waals surface area contributed by atoms with Gasteiger partial charge in [-0.1, -0.05) is 0 Å². The van der Waals surface area contributed by atoms with Gasteiger partial charge in [-0.3, -0.25) is 0 Å². The molecule has 0 aliphatic heterocycles. The molecule has 22 heavy (non-hydrogen) atoms. The maximum atomic E-state index is 12.5. The monoisotopic (exact) mass is 310 g/mol. The number of rotatable bonds is 6. The molecular weight excluding hydrogens is 284 g/mol. The Hall–Kier alpha value is -1.53. The van der Waals surface area contributed by atoms with Crippen LogP contribution in [0.3, 0.4) is 0 Å². The zero-order valence-electron chi connectivity index (χ0n) is 13.4. The number of nitrogens with one attached hydrogen (secondary N) is 1. The van der Waals surface area contributed by atoms with Crippen molar-refractivity contribution in [3.63, 3.8) is 0 Å². The van der Waals surface area contributed by atoms with Crippen LogP contribution in [0.25, 0.3) is 0 Å². The SMILES string of the molecule is COCCN(Cc1ccc(C)o1)C(=O)NC1CCC(O)CC1. The molecule has 0 aromatic carbocycles. The molecule has 124 valence electrons. The van der Waals surface area contributed by atoms with Crippen LogP contribution in [0.5, 0.6) is 0 Å². The van der Waals surface area contributed by atoms with Gasteiger partial charge < -0.3 is 24.5 Å². The minimum atomic E-state index is -0.219. The van der Waals surface area contributed by atoms with Crippen LogP contribution in [0.4, 0.5) is 4.79 Å². The number of amides is 2. The highest BCUT2D eigenvalue weighted by Gasteiger charge is 2.23. The number of carbonyl (C=O) groups is 1. The van der Waals surface area contributed by atoms with Gasteiger partial charge in [0, 0.05) is 19.7 Å². The average molecular weight is 310 g/mol. The number of ether oxygens (including phenoxy) is 1. The Morgan fingerprint density at radius 1 is 1.41 bits per heavy atom. The van der Waals surface area contributed by atoms with E-state index in [9.17, 15) is 9.90 Å². The highest BCUT2D eigenvalue weighted by Crippen LogP contribution is 2.19. The Bertz CT molecular complexity index is 466. The highest BCUT2D eigenvalue weighted by atomic mass is 16.5. The van der Waals surface area contributed by atoms with E-state index in [-0.39, 0.29) is 18.2 Å². The molecular formula is C16H26N2O4. The van der Waals surface area contributed by atoms with Crippen molar-refractivity contribution in [3.05, 3.63) is 23.7 Å². The fraction of sp³-hybridized carbons (Fsp3) is 0.688. The zero-order valence-corrected chi connectivity index (χ0v) is 13.4. The van der Waals surface area contributed by atoms with E-state index in [1.807, 2.05) is 19.1 Å². The Morgan fingerprint density at radius 2 is 2.14 bits per heavy atom. The normalized spacial score (nSPS) is 21.6. The topological polar surface area (TPSA) is 74.9 Å². The smallest absolute Gasteiger partial charge is 0.318 e. The molecule has 0 atom stereocenters. The van der Waals surface area contributed by atoms with E-state index < -0.39 is 0 Å². The molecule has 0 unspecified atom stereocenters. The van der Waals surface area contributed by atoms with E-state index in [1.54, 1.807) is 12.0 Å². The fourth-order valence-electron chi connectivity index (χ4n) is 2.70. The van der Waals surface area contributed by atoms with Gasteiger partial charge in [0.1, 0.15) is 11.5 Å². The predicted molar refractivity (Wildman–Crippen MR) is 82.5 cm³/mol. The lowest BCUT2D eigenvalue weighted by Gasteiger charge is -2.29. The van der Waals surface area contributed by atoms with E-state index in [1.165, 1.54) is 0 Å². The summed E-state index contributed by atoms with van der Waals surface area (Å²) in [5, 5.41) is 12.6. The lowest BCUT2D eigenvalue weighted by molar-refractivity contribution is 0.111. The summed E-state index contributed by atoms with van der Waals surface area (Å²) >= 11 is 0. The molecule has 0 radical (unpaired) electrons. The number of aliphatic hydroxyl groups is 1. The van der Waals surface area contributed by atoms with Gasteiger partial charge in [-0.05, 0) is 44.7 Å². The summed E-state index contributed by atoms with van der Waals surface area (Å²) in [5.74, 6) is 1.60. The van der Waals surface area contributed by atoms with E-state index in [0.717, 1.165) is 37.2 Å². The summed E-state index contributed by atoms with van der Waals surface area (Å²) in [6.07, 6.45) is 2.93. The first-order valence-corrected chi connectivity index (χ1v) is 7.86. The molecule has 2 amide bonds. The largest absolute Gasteiger partial charge is 0.464 e. The first-order valence-electron chi connectivity index (χ1n) is 7.86. The van der Waals surface area contributed by atoms with Gasteiger partial charge in [0.05, 0.1) is 19.3 Å². The quantitative estimate of drug-likeness (QED) is 0.843. The Labute approximate surface area is 131 Å². The summed E-state index contributed by atoms with van der Waals surface area (Å²) in [7, 11) is 1.62. The maximum Gasteiger partial charge on any atom is 0.318 e. The minimum absolute atomic E-state index is 0.104. The fourth-order valence-corrected chi connectivity index (χ4v) is 2.70. The van der Waals surface area contributed by atoms with E-state index >= 15 is 0 Å². The van der Waals surface area contributed by atoms with E-state index in [0.29, 0.717) is 19.7 Å². The van der Waals surface area contributed by atoms with Crippen molar-refractivity contribution in [2.45, 2.75) is 51.3 Å². The van der Waals surface area contributed by atoms with Gasteiger partial charge in [-0.25, -0.2) is 4.79 Å². The van der Waals surface area contributed by atoms with Crippen molar-refractivity contribution >= 4 is 6.03 Å². The lowest BCUT2D eigenvalue weighted by Crippen LogP contribution is -2.47. The van der Waals surface area contributed by atoms with Crippen molar-refractivity contribution in [2.24, 2.45) is 0 Å². The molecule has 6 heteroatoms. The van der Waals surface area contributed by atoms with Crippen molar-refractivity contribution in [2.75, 3.05) is 20.3 Å². The van der Waals surface area contributed by atoms with Gasteiger partial charge in [0.15, 0.2) is 0 Å². The minimum Gasteiger partial charge on any atom is -0.464 e. The molecule has 1 aliphatic carbocycles. The number of furan rings is 1. The molecule has 0 saturated heterocycles. The van der Waals surface area contributed by atoms with Gasteiger partial charge in [0.25, 0.3) is 0 Å². The van der Waals surface area contributed by atoms with Crippen LogP contribution in [0.2, 0.25) is 0 Å². The van der Waals surface area contributed by atoms with Crippen LogP contribution >= 0.6 is 0 Å². The van der Waals surface area contributed by atoms with Crippen LogP contribution in [0.15, 0.2) is 16.5 Å². The second kappa shape index (κ2) is 8.19.